The van der Waals surface area contributed by atoms with Gasteiger partial charge in [-0.1, -0.05) is 99.5 Å². The molecule has 0 aromatic heterocycles. The molecule has 6 atom stereocenters. The number of nitrogens with one attached hydrogen (secondary N) is 5. The van der Waals surface area contributed by atoms with Crippen LogP contribution < -0.4 is 32.3 Å². The van der Waals surface area contributed by atoms with Crippen LogP contribution >= 0.6 is 0 Å². The van der Waals surface area contributed by atoms with Crippen LogP contribution in [-0.2, 0) is 41.6 Å². The summed E-state index contributed by atoms with van der Waals surface area (Å²) in [6.45, 7) is 21.8. The highest BCUT2D eigenvalue weighted by atomic mass is 16.4. The summed E-state index contributed by atoms with van der Waals surface area (Å²) >= 11 is 0. The van der Waals surface area contributed by atoms with Crippen LogP contribution in [0.15, 0.2) is 86.0 Å². The van der Waals surface area contributed by atoms with Crippen molar-refractivity contribution in [3.05, 3.63) is 97.1 Å². The number of hydrogen-bond acceptors (Lipinski definition) is 7. The van der Waals surface area contributed by atoms with Gasteiger partial charge in [0.15, 0.2) is 0 Å². The van der Waals surface area contributed by atoms with E-state index in [-0.39, 0.29) is 69.8 Å². The average molecular weight is 873 g/mol. The smallest absolute Gasteiger partial charge is 0.311 e. The van der Waals surface area contributed by atoms with E-state index in [2.05, 4.69) is 39.7 Å². The Kier molecular flexibility index (Phi) is 20.5. The lowest BCUT2D eigenvalue weighted by atomic mass is 9.79. The van der Waals surface area contributed by atoms with Gasteiger partial charge in [0.2, 0.25) is 29.5 Å². The Balaban J connectivity index is 2.29. The maximum atomic E-state index is 14.2. The number of benzene rings is 2. The molecule has 0 fully saturated rings. The van der Waals surface area contributed by atoms with E-state index < -0.39 is 50.3 Å². The Morgan fingerprint density at radius 3 is 1.17 bits per heavy atom. The third-order valence-electron chi connectivity index (χ3n) is 12.6. The summed E-state index contributed by atoms with van der Waals surface area (Å²) in [6, 6.07) is 18.9. The van der Waals surface area contributed by atoms with Crippen LogP contribution in [0.4, 0.5) is 0 Å². The van der Waals surface area contributed by atoms with E-state index >= 15 is 0 Å². The molecule has 13 heteroatoms. The summed E-state index contributed by atoms with van der Waals surface area (Å²) in [6.07, 6.45) is 6.48. The van der Waals surface area contributed by atoms with E-state index in [0.717, 1.165) is 11.1 Å². The summed E-state index contributed by atoms with van der Waals surface area (Å²) < 4.78 is 0. The van der Waals surface area contributed by atoms with Crippen molar-refractivity contribution >= 4 is 35.5 Å². The first-order valence-electron chi connectivity index (χ1n) is 22.2. The summed E-state index contributed by atoms with van der Waals surface area (Å²) in [5, 5.41) is 24.8. The second kappa shape index (κ2) is 24.0. The summed E-state index contributed by atoms with van der Waals surface area (Å²) in [5.41, 5.74) is 1.21. The van der Waals surface area contributed by atoms with Gasteiger partial charge in [-0.05, 0) is 91.2 Å². The van der Waals surface area contributed by atoms with Gasteiger partial charge >= 0.3 is 5.97 Å². The third kappa shape index (κ3) is 15.2. The molecule has 0 aliphatic carbocycles. The number of rotatable bonds is 29. The molecule has 13 nitrogen and oxygen atoms in total. The molecule has 0 radical (unpaired) electrons. The van der Waals surface area contributed by atoms with E-state index in [1.165, 1.54) is 0 Å². The molecule has 0 aliphatic rings. The zero-order chi connectivity index (χ0) is 47.5. The molecular weight excluding hydrogens is 797 g/mol. The van der Waals surface area contributed by atoms with Gasteiger partial charge in [-0.2, -0.15) is 0 Å². The van der Waals surface area contributed by atoms with E-state index in [0.29, 0.717) is 38.5 Å². The predicted octanol–water partition coefficient (Wildman–Crippen LogP) is 5.89. The van der Waals surface area contributed by atoms with Gasteiger partial charge in [0, 0.05) is 39.3 Å². The first-order chi connectivity index (χ1) is 29.5. The molecule has 2 aromatic rings. The second-order valence-electron chi connectivity index (χ2n) is 19.1. The third-order valence-corrected chi connectivity index (χ3v) is 12.6. The average Bonchev–Trinajstić information content (AvgIpc) is 3.25. The van der Waals surface area contributed by atoms with Crippen molar-refractivity contribution in [2.24, 2.45) is 38.2 Å². The summed E-state index contributed by atoms with van der Waals surface area (Å²) in [5.74, 6) is -2.77. The molecule has 0 bridgehead atoms. The molecule has 0 saturated heterocycles. The fourth-order valence-corrected chi connectivity index (χ4v) is 7.79. The molecule has 63 heavy (non-hydrogen) atoms. The molecule has 2 rings (SSSR count). The van der Waals surface area contributed by atoms with Crippen LogP contribution in [0.1, 0.15) is 105 Å². The van der Waals surface area contributed by atoms with Crippen LogP contribution in [0.5, 0.6) is 0 Å². The Bertz CT molecular complexity index is 1880. The van der Waals surface area contributed by atoms with Crippen molar-refractivity contribution in [1.82, 2.24) is 26.6 Å². The van der Waals surface area contributed by atoms with Crippen LogP contribution in [0, 0.1) is 32.5 Å². The lowest BCUT2D eigenvalue weighted by Gasteiger charge is -2.36. The predicted molar refractivity (Wildman–Crippen MR) is 250 cm³/mol. The van der Waals surface area contributed by atoms with Gasteiger partial charge in [0.05, 0.1) is 32.5 Å². The number of aliphatic carboxylic acids is 1. The minimum atomic E-state index is -1.17. The Hall–Kier alpha value is -5.30. The van der Waals surface area contributed by atoms with Gasteiger partial charge in [-0.25, -0.2) is 0 Å². The van der Waals surface area contributed by atoms with Gasteiger partial charge in [0.1, 0.15) is 0 Å². The number of allylic oxidation sites excluding steroid dienone is 2. The zero-order valence-corrected chi connectivity index (χ0v) is 39.2. The van der Waals surface area contributed by atoms with Crippen LogP contribution in [0.25, 0.3) is 0 Å². The van der Waals surface area contributed by atoms with Crippen LogP contribution in [0.2, 0.25) is 0 Å². The lowest BCUT2D eigenvalue weighted by molar-refractivity contribution is -0.148. The van der Waals surface area contributed by atoms with Crippen LogP contribution in [0.3, 0.4) is 0 Å². The van der Waals surface area contributed by atoms with Crippen molar-refractivity contribution in [2.75, 3.05) is 39.3 Å². The highest BCUT2D eigenvalue weighted by Crippen LogP contribution is 2.30. The molecule has 0 aliphatic heterocycles. The van der Waals surface area contributed by atoms with E-state index in [4.69, 9.17) is 5.73 Å². The normalized spacial score (nSPS) is 17.0. The monoisotopic (exact) mass is 873 g/mol. The highest BCUT2D eigenvalue weighted by Gasteiger charge is 2.43. The second-order valence-corrected chi connectivity index (χ2v) is 19.1. The van der Waals surface area contributed by atoms with Gasteiger partial charge in [-0.15, -0.1) is 13.2 Å². The van der Waals surface area contributed by atoms with E-state index in [1.54, 1.807) is 53.7 Å². The van der Waals surface area contributed by atoms with Crippen molar-refractivity contribution < 1.29 is 33.9 Å². The Morgan fingerprint density at radius 1 is 0.508 bits per heavy atom. The van der Waals surface area contributed by atoms with Gasteiger partial charge < -0.3 is 37.4 Å². The largest absolute Gasteiger partial charge is 0.481 e. The van der Waals surface area contributed by atoms with Crippen molar-refractivity contribution in [1.29, 1.82) is 0 Å². The number of carboxylic acid groups (broad SMARTS) is 1. The van der Waals surface area contributed by atoms with Crippen LogP contribution in [-0.4, -0.2) is 79.9 Å². The van der Waals surface area contributed by atoms with Crippen molar-refractivity contribution in [2.45, 2.75) is 107 Å². The molecule has 0 saturated carbocycles. The first-order valence-corrected chi connectivity index (χ1v) is 22.2. The lowest BCUT2D eigenvalue weighted by Crippen LogP contribution is -2.56. The summed E-state index contributed by atoms with van der Waals surface area (Å²) in [7, 11) is 0. The van der Waals surface area contributed by atoms with Crippen molar-refractivity contribution in [3.63, 3.8) is 0 Å². The van der Waals surface area contributed by atoms with Gasteiger partial charge in [-0.3, -0.25) is 28.8 Å². The number of hydrogen-bond donors (Lipinski definition) is 7. The number of amides is 5. The molecule has 8 N–H and O–H groups in total. The molecular formula is C50H76N6O7. The Labute approximate surface area is 376 Å². The molecule has 0 heterocycles. The standard InChI is InChI=1S/C50H76N6O7/c1-11-25-45(5,31-51)39(57)55-35-49(9,29-37-21-17-15-18-22-37)42(60)53-33-47(7,27-13-3)40(58)52-32-46(6,26-12-2)41(59)56-36-50(10,30-38-23-19-16-20-24-38)43(61)54-34-48(8,28-14-4)44(62)63/h11-12,15-24H,1-2,13-14,25-36,51H2,3-10H3,(H,52,58)(H,53,60)(H,54,61)(H,55,57)(H,56,59)(H,62,63)/t45-,46-,47-,48-,49-,50-/m1/s1. The minimum Gasteiger partial charge on any atom is -0.481 e. The number of carboxylic acids is 1. The van der Waals surface area contributed by atoms with E-state index in [9.17, 15) is 33.9 Å². The number of carbonyl (C=O) groups is 6. The maximum absolute atomic E-state index is 14.2. The number of nitrogens with two attached hydrogens (primary N) is 1. The first kappa shape index (κ1) is 53.8. The maximum Gasteiger partial charge on any atom is 0.311 e. The molecule has 348 valence electrons. The molecule has 0 unspecified atom stereocenters. The SMILES string of the molecule is C=CC[C@](C)(CN)C(=O)NC[C@@](C)(Cc1ccccc1)C(=O)NC[C@@](C)(CCC)C(=O)NC[C@@](C)(CC=C)C(=O)NC[C@@](C)(Cc1ccccc1)C(=O)NC[C@@](C)(CCC)C(=O)O. The molecule has 0 spiro atoms. The highest BCUT2D eigenvalue weighted by molar-refractivity contribution is 5.89. The summed E-state index contributed by atoms with van der Waals surface area (Å²) in [4.78, 5) is 81.9. The topological polar surface area (TPSA) is 209 Å². The van der Waals surface area contributed by atoms with Crippen molar-refractivity contribution in [3.8, 4) is 0 Å². The number of carbonyl (C=O) groups excluding carboxylic acids is 5. The quantitative estimate of drug-likeness (QED) is 0.0490. The molecule has 2 aromatic carbocycles. The van der Waals surface area contributed by atoms with Gasteiger partial charge in [0.25, 0.3) is 0 Å². The Morgan fingerprint density at radius 2 is 0.810 bits per heavy atom. The fourth-order valence-electron chi connectivity index (χ4n) is 7.79. The minimum absolute atomic E-state index is 0.00267. The zero-order valence-electron chi connectivity index (χ0n) is 39.2. The fraction of sp³-hybridized carbons (Fsp3) is 0.560. The molecule has 5 amide bonds. The van der Waals surface area contributed by atoms with E-state index in [1.807, 2.05) is 74.5 Å².